The van der Waals surface area contributed by atoms with E-state index in [2.05, 4.69) is 36.0 Å². The Bertz CT molecular complexity index is 1720. The molecule has 0 radical (unpaired) electrons. The summed E-state index contributed by atoms with van der Waals surface area (Å²) in [6.45, 7) is 11.4. The summed E-state index contributed by atoms with van der Waals surface area (Å²) in [4.78, 5) is 4.45. The summed E-state index contributed by atoms with van der Waals surface area (Å²) in [6.07, 6.45) is 0. The van der Waals surface area contributed by atoms with Crippen molar-refractivity contribution in [2.75, 3.05) is 14.1 Å². The van der Waals surface area contributed by atoms with Crippen molar-refractivity contribution in [2.24, 2.45) is 0 Å². The van der Waals surface area contributed by atoms with E-state index in [4.69, 9.17) is 0 Å². The minimum atomic E-state index is -0.670. The van der Waals surface area contributed by atoms with Gasteiger partial charge < -0.3 is 9.13 Å². The van der Waals surface area contributed by atoms with E-state index < -0.39 is 23.3 Å². The summed E-state index contributed by atoms with van der Waals surface area (Å²) in [5.41, 5.74) is 9.85. The molecule has 4 heterocycles. The number of benzene rings is 2. The Morgan fingerprint density at radius 2 is 0.796 bits per heavy atom. The Hall–Kier alpha value is -3.95. The molecule has 0 N–H and O–H groups in total. The standard InChI is InChI=1S/2C15H15F2N2.2C5H5.Ti/c2*1-9-12-7-18(3)8-13(12)10(2)19(9)15-5-4-11(16)6-14(15)17;2*1-2-4-5-3-1;/h2*4-5H,7-8H2,1-3H3;2*1-5H;/q4*-1;+4. The Morgan fingerprint density at radius 3 is 1.02 bits per heavy atom. The molecule has 0 aliphatic carbocycles. The fourth-order valence-electron chi connectivity index (χ4n) is 6.53. The minimum Gasteiger partial charge on any atom is -0.369 e. The molecule has 6 aromatic rings. The zero-order chi connectivity index (χ0) is 34.5. The molecule has 0 saturated heterocycles. The summed E-state index contributed by atoms with van der Waals surface area (Å²) in [5, 5.41) is 0. The molecule has 0 spiro atoms. The zero-order valence-corrected chi connectivity index (χ0v) is 30.3. The molecule has 9 heteroatoms. The summed E-state index contributed by atoms with van der Waals surface area (Å²) in [5.74, 6) is -2.63. The van der Waals surface area contributed by atoms with E-state index in [0.29, 0.717) is 11.4 Å². The van der Waals surface area contributed by atoms with Gasteiger partial charge in [0.2, 0.25) is 0 Å². The number of hydrogen-bond acceptors (Lipinski definition) is 2. The smallest absolute Gasteiger partial charge is 0.369 e. The van der Waals surface area contributed by atoms with Crippen LogP contribution >= 0.6 is 0 Å². The molecular weight excluding hydrogens is 660 g/mol. The minimum absolute atomic E-state index is 0. The molecule has 2 aliphatic rings. The van der Waals surface area contributed by atoms with Gasteiger partial charge >= 0.3 is 21.7 Å². The number of aromatic nitrogens is 2. The fraction of sp³-hybridized carbons (Fsp3) is 0.250. The first-order valence-electron chi connectivity index (χ1n) is 15.8. The van der Waals surface area contributed by atoms with Gasteiger partial charge in [-0.3, -0.25) is 9.80 Å². The zero-order valence-electron chi connectivity index (χ0n) is 28.7. The van der Waals surface area contributed by atoms with Gasteiger partial charge in [0.05, 0.1) is 0 Å². The monoisotopic (exact) mass is 700 g/mol. The molecule has 0 saturated carbocycles. The topological polar surface area (TPSA) is 16.3 Å². The molecule has 0 unspecified atom stereocenters. The van der Waals surface area contributed by atoms with Gasteiger partial charge in [-0.1, -0.05) is 0 Å². The summed E-state index contributed by atoms with van der Waals surface area (Å²) in [7, 11) is 4.13. The van der Waals surface area contributed by atoms with Gasteiger partial charge in [0.25, 0.3) is 0 Å². The van der Waals surface area contributed by atoms with Crippen LogP contribution in [0.5, 0.6) is 0 Å². The van der Waals surface area contributed by atoms with Gasteiger partial charge in [0.1, 0.15) is 0 Å². The maximum Gasteiger partial charge on any atom is 4.00 e. The molecule has 0 fully saturated rings. The molecule has 4 aromatic carbocycles. The Balaban J connectivity index is 0.000000169. The molecule has 0 atom stereocenters. The molecule has 2 aliphatic heterocycles. The Kier molecular flexibility index (Phi) is 12.9. The SMILES string of the molecule is Cc1c2c(c(C)n1-c1ccc(F)[c-]c1F)CN(C)C2.Cc1c2c(c(C)n1-c1ccc(F)[c-]c1F)CN(C)C2.[Ti+4].c1cc[cH-]c1.c1cc[cH-]c1. The van der Waals surface area contributed by atoms with Gasteiger partial charge in [-0.05, 0) is 75.4 Å². The van der Waals surface area contributed by atoms with E-state index in [9.17, 15) is 17.6 Å². The Labute approximate surface area is 301 Å². The van der Waals surface area contributed by atoms with Crippen LogP contribution in [0.4, 0.5) is 17.6 Å². The molecule has 252 valence electrons. The van der Waals surface area contributed by atoms with Crippen molar-refractivity contribution >= 4 is 0 Å². The first-order valence-corrected chi connectivity index (χ1v) is 15.8. The van der Waals surface area contributed by atoms with E-state index in [-0.39, 0.29) is 21.7 Å². The summed E-state index contributed by atoms with van der Waals surface area (Å²) >= 11 is 0. The van der Waals surface area contributed by atoms with E-state index in [0.717, 1.165) is 49.0 Å². The predicted molar refractivity (Wildman–Crippen MR) is 182 cm³/mol. The number of rotatable bonds is 2. The van der Waals surface area contributed by atoms with Crippen LogP contribution in [-0.2, 0) is 47.9 Å². The number of halogens is 4. The second-order valence-electron chi connectivity index (χ2n) is 12.2. The third kappa shape index (κ3) is 8.44. The van der Waals surface area contributed by atoms with E-state index in [1.54, 1.807) is 0 Å². The normalized spacial score (nSPS) is 13.3. The van der Waals surface area contributed by atoms with Crippen LogP contribution in [-0.4, -0.2) is 33.0 Å². The molecule has 0 amide bonds. The van der Waals surface area contributed by atoms with Crippen molar-refractivity contribution in [3.05, 3.63) is 165 Å². The maximum absolute atomic E-state index is 13.9. The van der Waals surface area contributed by atoms with E-state index in [1.807, 2.05) is 97.5 Å². The van der Waals surface area contributed by atoms with Crippen molar-refractivity contribution < 1.29 is 39.3 Å². The van der Waals surface area contributed by atoms with Crippen molar-refractivity contribution in [3.8, 4) is 11.4 Å². The predicted octanol–water partition coefficient (Wildman–Crippen LogP) is 9.04. The van der Waals surface area contributed by atoms with Crippen LogP contribution in [0, 0.1) is 63.1 Å². The van der Waals surface area contributed by atoms with Gasteiger partial charge in [0, 0.05) is 72.2 Å². The number of nitrogens with zero attached hydrogens (tertiary/aromatic N) is 4. The van der Waals surface area contributed by atoms with Gasteiger partial charge in [-0.25, -0.2) is 41.8 Å². The Morgan fingerprint density at radius 1 is 0.510 bits per heavy atom. The van der Waals surface area contributed by atoms with Crippen molar-refractivity contribution in [1.82, 2.24) is 18.9 Å². The average molecular weight is 701 g/mol. The van der Waals surface area contributed by atoms with Crippen LogP contribution in [0.15, 0.2) is 84.9 Å². The van der Waals surface area contributed by atoms with Crippen LogP contribution in [0.1, 0.15) is 45.0 Å². The quantitative estimate of drug-likeness (QED) is 0.102. The summed E-state index contributed by atoms with van der Waals surface area (Å²) < 4.78 is 57.5. The van der Waals surface area contributed by atoms with Gasteiger partial charge in [-0.2, -0.15) is 36.4 Å². The first-order chi connectivity index (χ1) is 23.0. The van der Waals surface area contributed by atoms with Gasteiger partial charge in [0.15, 0.2) is 0 Å². The summed E-state index contributed by atoms with van der Waals surface area (Å²) in [6, 6.07) is 29.6. The van der Waals surface area contributed by atoms with Crippen LogP contribution in [0.25, 0.3) is 11.4 Å². The third-order valence-electron chi connectivity index (χ3n) is 8.81. The molecule has 0 bridgehead atoms. The third-order valence-corrected chi connectivity index (χ3v) is 8.81. The largest absolute Gasteiger partial charge is 4.00 e. The van der Waals surface area contributed by atoms with E-state index in [1.165, 1.54) is 46.5 Å². The fourth-order valence-corrected chi connectivity index (χ4v) is 6.53. The van der Waals surface area contributed by atoms with Crippen LogP contribution in [0.2, 0.25) is 0 Å². The number of fused-ring (bicyclic) bond motifs is 2. The van der Waals surface area contributed by atoms with E-state index >= 15 is 0 Å². The van der Waals surface area contributed by atoms with Crippen LogP contribution in [0.3, 0.4) is 0 Å². The van der Waals surface area contributed by atoms with Crippen LogP contribution < -0.4 is 0 Å². The van der Waals surface area contributed by atoms with Crippen molar-refractivity contribution in [2.45, 2.75) is 53.9 Å². The molecule has 49 heavy (non-hydrogen) atoms. The maximum atomic E-state index is 13.9. The van der Waals surface area contributed by atoms with Gasteiger partial charge in [-0.15, -0.1) is 36.4 Å². The first kappa shape index (κ1) is 37.9. The van der Waals surface area contributed by atoms with Crippen molar-refractivity contribution in [3.63, 3.8) is 0 Å². The number of hydrogen-bond donors (Lipinski definition) is 0. The second-order valence-corrected chi connectivity index (χ2v) is 12.2. The molecule has 4 nitrogen and oxygen atoms in total. The molecule has 8 rings (SSSR count). The van der Waals surface area contributed by atoms with Crippen molar-refractivity contribution in [1.29, 1.82) is 0 Å². The molecular formula is C40H40F4N4Ti. The molecule has 2 aromatic heterocycles. The average Bonchev–Trinajstić information content (AvgIpc) is 3.90. The second kappa shape index (κ2) is 16.6.